The van der Waals surface area contributed by atoms with E-state index in [9.17, 15) is 0 Å². The minimum Gasteiger partial charge on any atom is -0.497 e. The van der Waals surface area contributed by atoms with Crippen LogP contribution in [0.2, 0.25) is 0 Å². The Morgan fingerprint density at radius 1 is 1.06 bits per heavy atom. The summed E-state index contributed by atoms with van der Waals surface area (Å²) in [6.45, 7) is 2.63. The Morgan fingerprint density at radius 2 is 1.90 bits per heavy atom. The quantitative estimate of drug-likeness (QED) is 0.462. The molecule has 158 valence electrons. The lowest BCUT2D eigenvalue weighted by atomic mass is 10.0. The van der Waals surface area contributed by atoms with Gasteiger partial charge in [0, 0.05) is 36.2 Å². The maximum absolute atomic E-state index is 5.28. The maximum Gasteiger partial charge on any atom is 0.173 e. The van der Waals surface area contributed by atoms with E-state index in [4.69, 9.17) is 4.74 Å². The summed E-state index contributed by atoms with van der Waals surface area (Å²) >= 11 is 2.00. The van der Waals surface area contributed by atoms with E-state index in [1.54, 1.807) is 7.11 Å². The molecule has 0 aliphatic carbocycles. The molecule has 2 aromatic heterocycles. The zero-order valence-electron chi connectivity index (χ0n) is 17.4. The van der Waals surface area contributed by atoms with Crippen molar-refractivity contribution in [3.8, 4) is 5.75 Å². The van der Waals surface area contributed by atoms with Gasteiger partial charge in [-0.3, -0.25) is 9.88 Å². The summed E-state index contributed by atoms with van der Waals surface area (Å²) < 4.78 is 7.20. The average molecular weight is 433 g/mol. The first-order chi connectivity index (χ1) is 15.3. The largest absolute Gasteiger partial charge is 0.497 e. The number of fused-ring (bicyclic) bond motifs is 1. The number of rotatable bonds is 6. The predicted molar refractivity (Wildman–Crippen MR) is 122 cm³/mol. The molecule has 5 rings (SSSR count). The fourth-order valence-corrected chi connectivity index (χ4v) is 4.98. The predicted octanol–water partition coefficient (Wildman–Crippen LogP) is 3.42. The lowest BCUT2D eigenvalue weighted by molar-refractivity contribution is 0.235. The summed E-state index contributed by atoms with van der Waals surface area (Å²) in [5.74, 6) is 3.94. The number of benzene rings is 2. The molecule has 1 aliphatic heterocycles. The van der Waals surface area contributed by atoms with Crippen LogP contribution in [-0.2, 0) is 6.54 Å². The van der Waals surface area contributed by atoms with Crippen LogP contribution in [0.25, 0.3) is 10.9 Å². The Bertz CT molecular complexity index is 1160. The molecule has 0 amide bonds. The molecule has 1 aliphatic rings. The summed E-state index contributed by atoms with van der Waals surface area (Å²) in [6, 6.07) is 18.6. The zero-order chi connectivity index (χ0) is 21.0. The second-order valence-electron chi connectivity index (χ2n) is 7.55. The number of thioether (sulfide) groups is 1. The molecule has 0 radical (unpaired) electrons. The Labute approximate surface area is 185 Å². The van der Waals surface area contributed by atoms with Crippen molar-refractivity contribution < 1.29 is 4.74 Å². The Hall–Kier alpha value is -2.97. The smallest absolute Gasteiger partial charge is 0.173 e. The first kappa shape index (κ1) is 20.0. The van der Waals surface area contributed by atoms with Gasteiger partial charge >= 0.3 is 0 Å². The van der Waals surface area contributed by atoms with E-state index in [0.29, 0.717) is 6.54 Å². The Kier molecular flexibility index (Phi) is 5.82. The van der Waals surface area contributed by atoms with Crippen LogP contribution in [0, 0.1) is 0 Å². The summed E-state index contributed by atoms with van der Waals surface area (Å²) in [5, 5.41) is 14.0. The van der Waals surface area contributed by atoms with Crippen LogP contribution in [0.15, 0.2) is 60.8 Å². The lowest BCUT2D eigenvalue weighted by Gasteiger charge is -2.33. The molecule has 4 aromatic rings. The first-order valence-electron chi connectivity index (χ1n) is 10.4. The van der Waals surface area contributed by atoms with Gasteiger partial charge in [0.05, 0.1) is 25.2 Å². The molecule has 1 fully saturated rings. The third-order valence-electron chi connectivity index (χ3n) is 5.65. The molecule has 0 bridgehead atoms. The fraction of sp³-hybridized carbons (Fsp3) is 0.304. The maximum atomic E-state index is 5.28. The van der Waals surface area contributed by atoms with Crippen LogP contribution in [0.5, 0.6) is 5.75 Å². The number of ether oxygens (including phenoxy) is 1. The van der Waals surface area contributed by atoms with Crippen molar-refractivity contribution in [2.45, 2.75) is 12.6 Å². The molecule has 8 heteroatoms. The molecular formula is C23H24N6OS. The number of aromatic nitrogens is 5. The van der Waals surface area contributed by atoms with Gasteiger partial charge in [-0.2, -0.15) is 11.8 Å². The summed E-state index contributed by atoms with van der Waals surface area (Å²) in [4.78, 5) is 6.96. The van der Waals surface area contributed by atoms with Gasteiger partial charge in [0.1, 0.15) is 5.75 Å². The van der Waals surface area contributed by atoms with E-state index in [1.165, 1.54) is 5.56 Å². The van der Waals surface area contributed by atoms with Crippen molar-refractivity contribution >= 4 is 22.7 Å². The van der Waals surface area contributed by atoms with Crippen molar-refractivity contribution in [2.24, 2.45) is 0 Å². The number of hydrogen-bond donors (Lipinski definition) is 0. The SMILES string of the molecule is COc1ccc(Cn2nnnc2C(c2ccc3ncccc3c2)N2CCSCC2)cc1. The van der Waals surface area contributed by atoms with E-state index >= 15 is 0 Å². The molecular weight excluding hydrogens is 408 g/mol. The first-order valence-corrected chi connectivity index (χ1v) is 11.5. The monoisotopic (exact) mass is 432 g/mol. The second-order valence-corrected chi connectivity index (χ2v) is 8.77. The van der Waals surface area contributed by atoms with Crippen LogP contribution in [0.1, 0.15) is 23.0 Å². The van der Waals surface area contributed by atoms with E-state index in [-0.39, 0.29) is 6.04 Å². The molecule has 2 aromatic carbocycles. The highest BCUT2D eigenvalue weighted by Gasteiger charge is 2.29. The van der Waals surface area contributed by atoms with Gasteiger partial charge in [-0.25, -0.2) is 4.68 Å². The summed E-state index contributed by atoms with van der Waals surface area (Å²) in [6.07, 6.45) is 1.83. The van der Waals surface area contributed by atoms with Gasteiger partial charge < -0.3 is 4.74 Å². The standard InChI is InChI=1S/C23H24N6OS/c1-30-20-7-4-17(5-8-20)16-29-23(25-26-27-29)22(28-11-13-31-14-12-28)19-6-9-21-18(15-19)3-2-10-24-21/h2-10,15,22H,11-14,16H2,1H3. The average Bonchev–Trinajstić information content (AvgIpc) is 3.28. The lowest BCUT2D eigenvalue weighted by Crippen LogP contribution is -2.38. The molecule has 0 spiro atoms. The van der Waals surface area contributed by atoms with Gasteiger partial charge in [0.15, 0.2) is 5.82 Å². The number of nitrogens with zero attached hydrogens (tertiary/aromatic N) is 6. The molecule has 1 atom stereocenters. The van der Waals surface area contributed by atoms with Gasteiger partial charge in [-0.05, 0) is 51.9 Å². The van der Waals surface area contributed by atoms with E-state index < -0.39 is 0 Å². The number of tetrazole rings is 1. The van der Waals surface area contributed by atoms with Crippen LogP contribution >= 0.6 is 11.8 Å². The van der Waals surface area contributed by atoms with Gasteiger partial charge in [-0.1, -0.05) is 24.3 Å². The van der Waals surface area contributed by atoms with Gasteiger partial charge in [-0.15, -0.1) is 5.10 Å². The van der Waals surface area contributed by atoms with E-state index in [2.05, 4.69) is 61.8 Å². The van der Waals surface area contributed by atoms with Crippen molar-refractivity contribution in [3.63, 3.8) is 0 Å². The highest BCUT2D eigenvalue weighted by molar-refractivity contribution is 7.99. The third kappa shape index (κ3) is 4.26. The minimum absolute atomic E-state index is 0.00115. The van der Waals surface area contributed by atoms with E-state index in [0.717, 1.165) is 52.6 Å². The van der Waals surface area contributed by atoms with Crippen molar-refractivity contribution in [1.29, 1.82) is 0 Å². The van der Waals surface area contributed by atoms with Gasteiger partial charge in [0.25, 0.3) is 0 Å². The van der Waals surface area contributed by atoms with Gasteiger partial charge in [0.2, 0.25) is 0 Å². The number of hydrogen-bond acceptors (Lipinski definition) is 7. The summed E-state index contributed by atoms with van der Waals surface area (Å²) in [5.41, 5.74) is 3.32. The van der Waals surface area contributed by atoms with Crippen molar-refractivity contribution in [2.75, 3.05) is 31.7 Å². The normalized spacial score (nSPS) is 15.8. The Morgan fingerprint density at radius 3 is 2.71 bits per heavy atom. The molecule has 0 saturated carbocycles. The van der Waals surface area contributed by atoms with Crippen molar-refractivity contribution in [1.82, 2.24) is 30.1 Å². The van der Waals surface area contributed by atoms with Crippen LogP contribution in [-0.4, -0.2) is 61.8 Å². The van der Waals surface area contributed by atoms with Crippen LogP contribution < -0.4 is 4.74 Å². The number of methoxy groups -OCH3 is 1. The molecule has 31 heavy (non-hydrogen) atoms. The minimum atomic E-state index is -0.00115. The third-order valence-corrected chi connectivity index (χ3v) is 6.59. The van der Waals surface area contributed by atoms with Crippen molar-refractivity contribution in [3.05, 3.63) is 77.7 Å². The molecule has 0 N–H and O–H groups in total. The molecule has 3 heterocycles. The molecule has 1 saturated heterocycles. The Balaban J connectivity index is 1.53. The highest BCUT2D eigenvalue weighted by Crippen LogP contribution is 2.31. The molecule has 1 unspecified atom stereocenters. The number of pyridine rings is 1. The highest BCUT2D eigenvalue weighted by atomic mass is 32.2. The summed E-state index contributed by atoms with van der Waals surface area (Å²) in [7, 11) is 1.68. The van der Waals surface area contributed by atoms with Crippen LogP contribution in [0.3, 0.4) is 0 Å². The second kappa shape index (κ2) is 9.03. The van der Waals surface area contributed by atoms with E-state index in [1.807, 2.05) is 40.8 Å². The molecule has 7 nitrogen and oxygen atoms in total. The topological polar surface area (TPSA) is 69.0 Å². The van der Waals surface area contributed by atoms with Crippen LogP contribution in [0.4, 0.5) is 0 Å². The zero-order valence-corrected chi connectivity index (χ0v) is 18.2. The fourth-order valence-electron chi connectivity index (χ4n) is 4.05.